The van der Waals surface area contributed by atoms with Gasteiger partial charge in [0.2, 0.25) is 11.7 Å². The van der Waals surface area contributed by atoms with Crippen molar-refractivity contribution in [1.29, 1.82) is 0 Å². The Kier molecular flexibility index (Phi) is 3.66. The minimum Gasteiger partial charge on any atom is -0.508 e. The van der Waals surface area contributed by atoms with Gasteiger partial charge < -0.3 is 15.4 Å². The summed E-state index contributed by atoms with van der Waals surface area (Å²) in [5, 5.41) is 13.2. The summed E-state index contributed by atoms with van der Waals surface area (Å²) in [6.45, 7) is 0. The van der Waals surface area contributed by atoms with E-state index in [1.54, 1.807) is 12.1 Å². The SMILES string of the molecule is N[C@@H](Cc1ccc(O)cc1)c1nc(-c2ccccc2)no1. The highest BCUT2D eigenvalue weighted by molar-refractivity contribution is 5.53. The summed E-state index contributed by atoms with van der Waals surface area (Å²) in [4.78, 5) is 4.34. The van der Waals surface area contributed by atoms with Crippen LogP contribution in [0.15, 0.2) is 59.1 Å². The van der Waals surface area contributed by atoms with E-state index in [1.165, 1.54) is 0 Å². The van der Waals surface area contributed by atoms with E-state index in [0.717, 1.165) is 11.1 Å². The van der Waals surface area contributed by atoms with Gasteiger partial charge in [-0.05, 0) is 24.1 Å². The van der Waals surface area contributed by atoms with Crippen molar-refractivity contribution in [1.82, 2.24) is 10.1 Å². The van der Waals surface area contributed by atoms with Gasteiger partial charge in [-0.3, -0.25) is 0 Å². The molecule has 0 spiro atoms. The highest BCUT2D eigenvalue weighted by Gasteiger charge is 2.16. The summed E-state index contributed by atoms with van der Waals surface area (Å²) in [6.07, 6.45) is 0.566. The van der Waals surface area contributed by atoms with Crippen molar-refractivity contribution < 1.29 is 9.63 Å². The molecule has 0 fully saturated rings. The summed E-state index contributed by atoms with van der Waals surface area (Å²) in [7, 11) is 0. The van der Waals surface area contributed by atoms with Crippen LogP contribution in [0.3, 0.4) is 0 Å². The second-order valence-corrected chi connectivity index (χ2v) is 4.80. The summed E-state index contributed by atoms with van der Waals surface area (Å²) < 4.78 is 5.24. The van der Waals surface area contributed by atoms with Crippen LogP contribution >= 0.6 is 0 Å². The zero-order valence-corrected chi connectivity index (χ0v) is 11.3. The lowest BCUT2D eigenvalue weighted by Crippen LogP contribution is -2.13. The van der Waals surface area contributed by atoms with E-state index >= 15 is 0 Å². The normalized spacial score (nSPS) is 12.2. The summed E-state index contributed by atoms with van der Waals surface area (Å²) in [5.74, 6) is 1.17. The van der Waals surface area contributed by atoms with E-state index in [2.05, 4.69) is 10.1 Å². The summed E-state index contributed by atoms with van der Waals surface area (Å²) in [5.41, 5.74) is 7.99. The van der Waals surface area contributed by atoms with Gasteiger partial charge >= 0.3 is 0 Å². The standard InChI is InChI=1S/C16H15N3O2/c17-14(10-11-6-8-13(20)9-7-11)16-18-15(19-21-16)12-4-2-1-3-5-12/h1-9,14,20H,10,17H2/t14-/m0/s1. The minimum absolute atomic E-state index is 0.233. The van der Waals surface area contributed by atoms with Crippen molar-refractivity contribution in [2.75, 3.05) is 0 Å². The Hall–Kier alpha value is -2.66. The van der Waals surface area contributed by atoms with Crippen molar-refractivity contribution in [3.63, 3.8) is 0 Å². The first-order valence-corrected chi connectivity index (χ1v) is 6.65. The molecule has 3 rings (SSSR count). The van der Waals surface area contributed by atoms with E-state index in [1.807, 2.05) is 42.5 Å². The van der Waals surface area contributed by atoms with E-state index in [-0.39, 0.29) is 11.8 Å². The van der Waals surface area contributed by atoms with Gasteiger partial charge in [-0.1, -0.05) is 47.6 Å². The van der Waals surface area contributed by atoms with Crippen LogP contribution in [0.2, 0.25) is 0 Å². The van der Waals surface area contributed by atoms with Gasteiger partial charge in [0, 0.05) is 5.56 Å². The Bertz CT molecular complexity index is 708. The number of hydrogen-bond donors (Lipinski definition) is 2. The number of aromatic hydroxyl groups is 1. The molecule has 0 unspecified atom stereocenters. The molecule has 1 aromatic heterocycles. The third-order valence-electron chi connectivity index (χ3n) is 3.18. The molecule has 0 saturated carbocycles. The molecule has 5 heteroatoms. The zero-order valence-electron chi connectivity index (χ0n) is 11.3. The first kappa shape index (κ1) is 13.3. The average molecular weight is 281 g/mol. The van der Waals surface area contributed by atoms with Crippen LogP contribution < -0.4 is 5.73 Å². The Balaban J connectivity index is 1.75. The number of nitrogens with two attached hydrogens (primary N) is 1. The number of nitrogens with zero attached hydrogens (tertiary/aromatic N) is 2. The van der Waals surface area contributed by atoms with Gasteiger partial charge in [0.25, 0.3) is 0 Å². The summed E-state index contributed by atoms with van der Waals surface area (Å²) >= 11 is 0. The van der Waals surface area contributed by atoms with Gasteiger partial charge in [0.1, 0.15) is 5.75 Å². The molecule has 106 valence electrons. The largest absolute Gasteiger partial charge is 0.508 e. The van der Waals surface area contributed by atoms with Gasteiger partial charge in [0.05, 0.1) is 6.04 Å². The third-order valence-corrected chi connectivity index (χ3v) is 3.18. The summed E-state index contributed by atoms with van der Waals surface area (Å²) in [6, 6.07) is 16.1. The van der Waals surface area contributed by atoms with E-state index in [9.17, 15) is 5.11 Å². The fraction of sp³-hybridized carbons (Fsp3) is 0.125. The number of phenols is 1. The predicted octanol–water partition coefficient (Wildman–Crippen LogP) is 2.68. The van der Waals surface area contributed by atoms with Crippen LogP contribution in [0.25, 0.3) is 11.4 Å². The maximum absolute atomic E-state index is 9.27. The first-order valence-electron chi connectivity index (χ1n) is 6.65. The Labute approximate surface area is 122 Å². The Morgan fingerprint density at radius 1 is 1.05 bits per heavy atom. The maximum atomic E-state index is 9.27. The van der Waals surface area contributed by atoms with Crippen LogP contribution in [0.4, 0.5) is 0 Å². The zero-order chi connectivity index (χ0) is 14.7. The van der Waals surface area contributed by atoms with Gasteiger partial charge in [-0.2, -0.15) is 4.98 Å². The molecule has 21 heavy (non-hydrogen) atoms. The lowest BCUT2D eigenvalue weighted by atomic mass is 10.1. The van der Waals surface area contributed by atoms with Gasteiger partial charge in [-0.25, -0.2) is 0 Å². The number of phenolic OH excluding ortho intramolecular Hbond substituents is 1. The molecule has 2 aromatic carbocycles. The van der Waals surface area contributed by atoms with Crippen molar-refractivity contribution >= 4 is 0 Å². The molecule has 5 nitrogen and oxygen atoms in total. The van der Waals surface area contributed by atoms with Crippen LogP contribution in [-0.4, -0.2) is 15.2 Å². The first-order chi connectivity index (χ1) is 10.2. The van der Waals surface area contributed by atoms with Crippen LogP contribution in [0.5, 0.6) is 5.75 Å². The molecule has 1 atom stereocenters. The highest BCUT2D eigenvalue weighted by Crippen LogP contribution is 2.20. The average Bonchev–Trinajstić information content (AvgIpc) is 3.00. The van der Waals surface area contributed by atoms with Crippen LogP contribution in [0, 0.1) is 0 Å². The molecule has 0 saturated heterocycles. The van der Waals surface area contributed by atoms with E-state index in [0.29, 0.717) is 18.1 Å². The number of rotatable bonds is 4. The number of benzene rings is 2. The minimum atomic E-state index is -0.375. The molecule has 0 radical (unpaired) electrons. The Morgan fingerprint density at radius 3 is 2.48 bits per heavy atom. The van der Waals surface area contributed by atoms with Crippen LogP contribution in [0.1, 0.15) is 17.5 Å². The number of hydrogen-bond acceptors (Lipinski definition) is 5. The lowest BCUT2D eigenvalue weighted by Gasteiger charge is -2.06. The molecule has 0 amide bonds. The van der Waals surface area contributed by atoms with Crippen molar-refractivity contribution in [2.24, 2.45) is 5.73 Å². The molecule has 1 heterocycles. The van der Waals surface area contributed by atoms with Crippen molar-refractivity contribution in [2.45, 2.75) is 12.5 Å². The quantitative estimate of drug-likeness (QED) is 0.768. The molecular weight excluding hydrogens is 266 g/mol. The number of aromatic nitrogens is 2. The monoisotopic (exact) mass is 281 g/mol. The molecule has 0 aliphatic carbocycles. The fourth-order valence-electron chi connectivity index (χ4n) is 2.06. The molecule has 3 aromatic rings. The molecule has 0 aliphatic heterocycles. The van der Waals surface area contributed by atoms with Gasteiger partial charge in [0.15, 0.2) is 0 Å². The Morgan fingerprint density at radius 2 is 1.76 bits per heavy atom. The predicted molar refractivity (Wildman–Crippen MR) is 78.5 cm³/mol. The molecular formula is C16H15N3O2. The second-order valence-electron chi connectivity index (χ2n) is 4.80. The van der Waals surface area contributed by atoms with Crippen molar-refractivity contribution in [3.05, 3.63) is 66.1 Å². The van der Waals surface area contributed by atoms with E-state index < -0.39 is 0 Å². The topological polar surface area (TPSA) is 85.2 Å². The molecule has 0 aliphatic rings. The van der Waals surface area contributed by atoms with E-state index in [4.69, 9.17) is 10.3 Å². The molecule has 3 N–H and O–H groups in total. The van der Waals surface area contributed by atoms with Crippen LogP contribution in [-0.2, 0) is 6.42 Å². The third kappa shape index (κ3) is 3.09. The highest BCUT2D eigenvalue weighted by atomic mass is 16.5. The molecule has 0 bridgehead atoms. The maximum Gasteiger partial charge on any atom is 0.244 e. The van der Waals surface area contributed by atoms with Gasteiger partial charge in [-0.15, -0.1) is 0 Å². The van der Waals surface area contributed by atoms with Crippen molar-refractivity contribution in [3.8, 4) is 17.1 Å². The lowest BCUT2D eigenvalue weighted by molar-refractivity contribution is 0.354. The fourth-order valence-corrected chi connectivity index (χ4v) is 2.06. The smallest absolute Gasteiger partial charge is 0.244 e. The second kappa shape index (κ2) is 5.76.